The summed E-state index contributed by atoms with van der Waals surface area (Å²) in [5.74, 6) is 0.369. The molecule has 0 aliphatic carbocycles. The molecule has 0 bridgehead atoms. The number of nitrogens with one attached hydrogen (secondary N) is 3. The van der Waals surface area contributed by atoms with Crippen LogP contribution >= 0.6 is 63.0 Å². The summed E-state index contributed by atoms with van der Waals surface area (Å²) in [6.07, 6.45) is -0.926. The number of carbonyl (C=O) groups is 1. The quantitative estimate of drug-likeness (QED) is 0.287. The van der Waals surface area contributed by atoms with Crippen LogP contribution in [0.4, 0.5) is 5.69 Å². The molecule has 28 heavy (non-hydrogen) atoms. The van der Waals surface area contributed by atoms with E-state index >= 15 is 0 Å². The van der Waals surface area contributed by atoms with Crippen LogP contribution in [0, 0.1) is 0 Å². The fourth-order valence-corrected chi connectivity index (χ4v) is 3.17. The number of hydrogen-bond donors (Lipinski definition) is 3. The van der Waals surface area contributed by atoms with Crippen LogP contribution in [0.5, 0.6) is 5.75 Å². The Morgan fingerprint density at radius 2 is 1.86 bits per heavy atom. The van der Waals surface area contributed by atoms with Gasteiger partial charge < -0.3 is 20.7 Å². The number of benzene rings is 2. The number of ether oxygens (including phenoxy) is 1. The second-order valence-corrected chi connectivity index (χ2v) is 9.37. The van der Waals surface area contributed by atoms with Gasteiger partial charge in [0.05, 0.1) is 13.5 Å². The normalized spacial score (nSPS) is 12.0. The molecule has 0 saturated heterocycles. The van der Waals surface area contributed by atoms with Crippen molar-refractivity contribution in [2.24, 2.45) is 0 Å². The van der Waals surface area contributed by atoms with Gasteiger partial charge in [-0.1, -0.05) is 68.9 Å². The average molecular weight is 526 g/mol. The molecule has 0 aliphatic rings. The number of alkyl halides is 3. The molecule has 150 valence electrons. The Morgan fingerprint density at radius 3 is 2.43 bits per heavy atom. The minimum Gasteiger partial charge on any atom is -0.497 e. The van der Waals surface area contributed by atoms with Crippen molar-refractivity contribution in [1.82, 2.24) is 10.6 Å². The lowest BCUT2D eigenvalue weighted by Gasteiger charge is -2.27. The van der Waals surface area contributed by atoms with E-state index in [1.54, 1.807) is 31.4 Å². The van der Waals surface area contributed by atoms with Gasteiger partial charge in [-0.05, 0) is 48.1 Å². The van der Waals surface area contributed by atoms with Crippen molar-refractivity contribution in [2.45, 2.75) is 16.4 Å². The number of thiocarbonyl (C=S) groups is 1. The van der Waals surface area contributed by atoms with Crippen LogP contribution in [0.1, 0.15) is 5.56 Å². The van der Waals surface area contributed by atoms with E-state index < -0.39 is 9.96 Å². The van der Waals surface area contributed by atoms with Gasteiger partial charge in [0.1, 0.15) is 11.9 Å². The van der Waals surface area contributed by atoms with Crippen molar-refractivity contribution < 1.29 is 9.53 Å². The Bertz CT molecular complexity index is 832. The molecule has 2 rings (SSSR count). The van der Waals surface area contributed by atoms with E-state index in [4.69, 9.17) is 51.8 Å². The average Bonchev–Trinajstić information content (AvgIpc) is 2.61. The second kappa shape index (κ2) is 10.5. The van der Waals surface area contributed by atoms with Crippen LogP contribution in [0.3, 0.4) is 0 Å². The Hall–Kier alpha value is -1.25. The van der Waals surface area contributed by atoms with Crippen molar-refractivity contribution in [3.63, 3.8) is 0 Å². The summed E-state index contributed by atoms with van der Waals surface area (Å²) < 4.78 is 4.16. The molecule has 0 fully saturated rings. The van der Waals surface area contributed by atoms with E-state index in [9.17, 15) is 4.79 Å². The summed E-state index contributed by atoms with van der Waals surface area (Å²) in [6, 6.07) is 14.5. The number of halogens is 4. The van der Waals surface area contributed by atoms with Crippen molar-refractivity contribution in [1.29, 1.82) is 0 Å². The molecule has 2 aromatic carbocycles. The maximum absolute atomic E-state index is 12.4. The number of amides is 1. The highest BCUT2D eigenvalue weighted by molar-refractivity contribution is 9.10. The number of rotatable bonds is 6. The summed E-state index contributed by atoms with van der Waals surface area (Å²) >= 11 is 26.6. The number of methoxy groups -OCH3 is 1. The summed E-state index contributed by atoms with van der Waals surface area (Å²) in [7, 11) is 1.57. The van der Waals surface area contributed by atoms with Gasteiger partial charge in [0.2, 0.25) is 9.70 Å². The maximum atomic E-state index is 12.4. The molecule has 0 aromatic heterocycles. The number of carbonyl (C=O) groups excluding carboxylic acids is 1. The minimum absolute atomic E-state index is 0.106. The standard InChI is InChI=1S/C18H17BrCl3N3O2S/c1-27-14-7-5-11(6-8-14)9-15(26)24-16(18(20,21)22)25-17(28)23-13-4-2-3-12(19)10-13/h2-8,10,16H,9H2,1H3,(H,24,26)(H2,23,25,28). The van der Waals surface area contributed by atoms with Crippen molar-refractivity contribution in [3.8, 4) is 5.75 Å². The van der Waals surface area contributed by atoms with E-state index in [-0.39, 0.29) is 17.4 Å². The lowest BCUT2D eigenvalue weighted by Crippen LogP contribution is -2.56. The molecule has 0 heterocycles. The van der Waals surface area contributed by atoms with E-state index in [0.717, 1.165) is 15.7 Å². The van der Waals surface area contributed by atoms with E-state index in [1.165, 1.54) is 0 Å². The fraction of sp³-hybridized carbons (Fsp3) is 0.222. The van der Waals surface area contributed by atoms with Crippen molar-refractivity contribution >= 4 is 79.7 Å². The van der Waals surface area contributed by atoms with Gasteiger partial charge in [0, 0.05) is 10.2 Å². The summed E-state index contributed by atoms with van der Waals surface area (Å²) in [4.78, 5) is 12.4. The molecule has 5 nitrogen and oxygen atoms in total. The first-order valence-corrected chi connectivity index (χ1v) is 10.3. The van der Waals surface area contributed by atoms with Crippen molar-refractivity contribution in [2.75, 3.05) is 12.4 Å². The van der Waals surface area contributed by atoms with Gasteiger partial charge in [-0.15, -0.1) is 0 Å². The van der Waals surface area contributed by atoms with Crippen LogP contribution in [0.25, 0.3) is 0 Å². The summed E-state index contributed by atoms with van der Waals surface area (Å²) in [6.45, 7) is 0. The topological polar surface area (TPSA) is 62.4 Å². The second-order valence-electron chi connectivity index (χ2n) is 5.68. The van der Waals surface area contributed by atoms with E-state index in [0.29, 0.717) is 5.75 Å². The highest BCUT2D eigenvalue weighted by Crippen LogP contribution is 2.29. The zero-order chi connectivity index (χ0) is 20.7. The van der Waals surface area contributed by atoms with Gasteiger partial charge in [-0.25, -0.2) is 0 Å². The summed E-state index contributed by atoms with van der Waals surface area (Å²) in [5.41, 5.74) is 1.52. The molecule has 0 saturated carbocycles. The van der Waals surface area contributed by atoms with Crippen LogP contribution < -0.4 is 20.7 Å². The van der Waals surface area contributed by atoms with E-state index in [2.05, 4.69) is 31.9 Å². The number of hydrogen-bond acceptors (Lipinski definition) is 3. The first kappa shape index (κ1) is 23.0. The molecule has 0 radical (unpaired) electrons. The van der Waals surface area contributed by atoms with Gasteiger partial charge in [0.15, 0.2) is 5.11 Å². The predicted octanol–water partition coefficient (Wildman–Crippen LogP) is 4.80. The molecule has 1 atom stereocenters. The first-order valence-electron chi connectivity index (χ1n) is 7.99. The molecular weight excluding hydrogens is 509 g/mol. The highest BCUT2D eigenvalue weighted by Gasteiger charge is 2.34. The van der Waals surface area contributed by atoms with Crippen molar-refractivity contribution in [3.05, 3.63) is 58.6 Å². The van der Waals surface area contributed by atoms with Gasteiger partial charge in [0.25, 0.3) is 0 Å². The molecule has 2 aromatic rings. The SMILES string of the molecule is COc1ccc(CC(=O)NC(NC(=S)Nc2cccc(Br)c2)C(Cl)(Cl)Cl)cc1. The maximum Gasteiger partial charge on any atom is 0.228 e. The Balaban J connectivity index is 1.98. The first-order chi connectivity index (χ1) is 13.2. The monoisotopic (exact) mass is 523 g/mol. The molecule has 10 heteroatoms. The lowest BCUT2D eigenvalue weighted by molar-refractivity contribution is -0.121. The number of anilines is 1. The molecule has 1 unspecified atom stereocenters. The molecule has 0 spiro atoms. The van der Waals surface area contributed by atoms with Gasteiger partial charge in [-0.2, -0.15) is 0 Å². The Morgan fingerprint density at radius 1 is 1.18 bits per heavy atom. The molecule has 0 aliphatic heterocycles. The van der Waals surface area contributed by atoms with Gasteiger partial charge >= 0.3 is 0 Å². The largest absolute Gasteiger partial charge is 0.497 e. The van der Waals surface area contributed by atoms with Crippen LogP contribution in [0.15, 0.2) is 53.0 Å². The highest BCUT2D eigenvalue weighted by atomic mass is 79.9. The molecular formula is C18H17BrCl3N3O2S. The van der Waals surface area contributed by atoms with Crippen LogP contribution in [-0.4, -0.2) is 28.1 Å². The smallest absolute Gasteiger partial charge is 0.228 e. The fourth-order valence-electron chi connectivity index (χ4n) is 2.21. The third-order valence-corrected chi connectivity index (χ3v) is 4.88. The van der Waals surface area contributed by atoms with Crippen LogP contribution in [0.2, 0.25) is 0 Å². The van der Waals surface area contributed by atoms with Gasteiger partial charge in [-0.3, -0.25) is 4.79 Å². The van der Waals surface area contributed by atoms with Crippen LogP contribution in [-0.2, 0) is 11.2 Å². The lowest BCUT2D eigenvalue weighted by atomic mass is 10.1. The molecule has 1 amide bonds. The Labute approximate surface area is 192 Å². The Kier molecular flexibility index (Phi) is 8.64. The third kappa shape index (κ3) is 7.64. The van der Waals surface area contributed by atoms with E-state index in [1.807, 2.05) is 24.3 Å². The molecule has 3 N–H and O–H groups in total. The summed E-state index contributed by atoms with van der Waals surface area (Å²) in [5, 5.41) is 8.63. The predicted molar refractivity (Wildman–Crippen MR) is 122 cm³/mol. The zero-order valence-electron chi connectivity index (χ0n) is 14.6. The minimum atomic E-state index is -1.82. The zero-order valence-corrected chi connectivity index (χ0v) is 19.3. The third-order valence-electron chi connectivity index (χ3n) is 3.51.